The molecule has 7 heteroatoms. The van der Waals surface area contributed by atoms with Crippen LogP contribution in [0.1, 0.15) is 23.6 Å². The van der Waals surface area contributed by atoms with Crippen LogP contribution in [-0.2, 0) is 4.79 Å². The second-order valence-electron chi connectivity index (χ2n) is 5.89. The second-order valence-corrected chi connectivity index (χ2v) is 6.30. The van der Waals surface area contributed by atoms with E-state index in [0.29, 0.717) is 0 Å². The summed E-state index contributed by atoms with van der Waals surface area (Å²) in [4.78, 5) is 22.6. The number of nitro benzene ring substituents is 1. The van der Waals surface area contributed by atoms with Crippen LogP contribution < -0.4 is 10.1 Å². The number of nitrogens with zero attached hydrogens (tertiary/aromatic N) is 1. The van der Waals surface area contributed by atoms with Crippen molar-refractivity contribution in [2.45, 2.75) is 33.8 Å². The molecule has 2 rings (SSSR count). The molecule has 1 atom stereocenters. The monoisotopic (exact) mass is 362 g/mol. The van der Waals surface area contributed by atoms with Gasteiger partial charge >= 0.3 is 0 Å². The number of amides is 1. The minimum atomic E-state index is -0.820. The summed E-state index contributed by atoms with van der Waals surface area (Å²) >= 11 is 5.99. The van der Waals surface area contributed by atoms with Gasteiger partial charge in [0.1, 0.15) is 5.75 Å². The summed E-state index contributed by atoms with van der Waals surface area (Å²) in [5.74, 6) is -0.114. The van der Waals surface area contributed by atoms with Crippen molar-refractivity contribution in [3.05, 3.63) is 62.2 Å². The van der Waals surface area contributed by atoms with E-state index in [0.717, 1.165) is 22.4 Å². The van der Waals surface area contributed by atoms with Gasteiger partial charge in [0.05, 0.1) is 9.95 Å². The van der Waals surface area contributed by atoms with E-state index in [1.807, 2.05) is 32.9 Å². The van der Waals surface area contributed by atoms with Crippen LogP contribution in [0.4, 0.5) is 11.4 Å². The van der Waals surface area contributed by atoms with Crippen LogP contribution in [0.5, 0.6) is 5.75 Å². The summed E-state index contributed by atoms with van der Waals surface area (Å²) < 4.78 is 5.55. The van der Waals surface area contributed by atoms with Crippen LogP contribution in [0.2, 0.25) is 5.02 Å². The first-order chi connectivity index (χ1) is 11.7. The van der Waals surface area contributed by atoms with E-state index >= 15 is 0 Å². The molecule has 1 amide bonds. The van der Waals surface area contributed by atoms with Crippen molar-refractivity contribution in [3.63, 3.8) is 0 Å². The van der Waals surface area contributed by atoms with E-state index in [1.165, 1.54) is 18.2 Å². The number of nitrogens with one attached hydrogen (secondary N) is 1. The molecule has 2 aromatic carbocycles. The van der Waals surface area contributed by atoms with Gasteiger partial charge in [-0.15, -0.1) is 0 Å². The average molecular weight is 363 g/mol. The highest BCUT2D eigenvalue weighted by atomic mass is 35.5. The smallest absolute Gasteiger partial charge is 0.271 e. The fourth-order valence-corrected chi connectivity index (χ4v) is 2.76. The zero-order chi connectivity index (χ0) is 18.7. The van der Waals surface area contributed by atoms with Gasteiger partial charge in [0, 0.05) is 17.8 Å². The van der Waals surface area contributed by atoms with Crippen molar-refractivity contribution in [2.75, 3.05) is 5.32 Å². The first kappa shape index (κ1) is 18.7. The number of hydrogen-bond donors (Lipinski definition) is 1. The Labute approximate surface area is 150 Å². The first-order valence-electron chi connectivity index (χ1n) is 7.68. The number of aryl methyl sites for hydroxylation is 3. The van der Waals surface area contributed by atoms with E-state index in [4.69, 9.17) is 16.3 Å². The Hall–Kier alpha value is -2.60. The van der Waals surface area contributed by atoms with Crippen LogP contribution in [0, 0.1) is 30.9 Å². The normalized spacial score (nSPS) is 11.7. The van der Waals surface area contributed by atoms with Crippen molar-refractivity contribution >= 4 is 28.9 Å². The molecule has 0 aromatic heterocycles. The van der Waals surface area contributed by atoms with Crippen molar-refractivity contribution < 1.29 is 14.5 Å². The van der Waals surface area contributed by atoms with Crippen LogP contribution in [0.25, 0.3) is 0 Å². The summed E-state index contributed by atoms with van der Waals surface area (Å²) in [5.41, 5.74) is 3.66. The Kier molecular flexibility index (Phi) is 5.64. The Morgan fingerprint density at radius 1 is 1.20 bits per heavy atom. The molecule has 2 aromatic rings. The first-order valence-corrected chi connectivity index (χ1v) is 8.06. The fraction of sp³-hybridized carbons (Fsp3) is 0.278. The maximum absolute atomic E-state index is 12.4. The number of benzene rings is 2. The number of carbonyl (C=O) groups excluding carboxylic acids is 1. The highest BCUT2D eigenvalue weighted by Gasteiger charge is 2.19. The maximum atomic E-state index is 12.4. The minimum Gasteiger partial charge on any atom is -0.479 e. The van der Waals surface area contributed by atoms with Gasteiger partial charge in [-0.25, -0.2) is 0 Å². The predicted molar refractivity (Wildman–Crippen MR) is 97.5 cm³/mol. The summed E-state index contributed by atoms with van der Waals surface area (Å²) in [6.07, 6.45) is -0.820. The molecule has 0 aliphatic heterocycles. The van der Waals surface area contributed by atoms with Gasteiger partial charge in [0.2, 0.25) is 0 Å². The number of rotatable bonds is 5. The molecule has 0 bridgehead atoms. The number of ether oxygens (including phenoxy) is 1. The standard InChI is InChI=1S/C18H19ClN2O4/c1-10-7-11(2)17(12(3)8-10)20-18(22)13(4)25-16-6-5-14(21(23)24)9-15(16)19/h5-9,13H,1-4H3,(H,20,22)/t13-/m0/s1. The van der Waals surface area contributed by atoms with E-state index in [-0.39, 0.29) is 22.4 Å². The van der Waals surface area contributed by atoms with Gasteiger partial charge < -0.3 is 10.1 Å². The topological polar surface area (TPSA) is 81.5 Å². The molecule has 0 radical (unpaired) electrons. The zero-order valence-corrected chi connectivity index (χ0v) is 15.2. The zero-order valence-electron chi connectivity index (χ0n) is 14.4. The van der Waals surface area contributed by atoms with E-state index in [2.05, 4.69) is 5.32 Å². The molecule has 0 unspecified atom stereocenters. The average Bonchev–Trinajstić information content (AvgIpc) is 2.52. The third-order valence-electron chi connectivity index (χ3n) is 3.72. The number of hydrogen-bond acceptors (Lipinski definition) is 4. The lowest BCUT2D eigenvalue weighted by molar-refractivity contribution is -0.384. The lowest BCUT2D eigenvalue weighted by atomic mass is 10.0. The third kappa shape index (κ3) is 4.48. The molecule has 1 N–H and O–H groups in total. The summed E-state index contributed by atoms with van der Waals surface area (Å²) in [7, 11) is 0. The lowest BCUT2D eigenvalue weighted by Crippen LogP contribution is -2.30. The maximum Gasteiger partial charge on any atom is 0.271 e. The Morgan fingerprint density at radius 3 is 2.32 bits per heavy atom. The number of nitro groups is 1. The number of anilines is 1. The van der Waals surface area contributed by atoms with Crippen molar-refractivity contribution in [3.8, 4) is 5.75 Å². The van der Waals surface area contributed by atoms with Gasteiger partial charge in [-0.2, -0.15) is 0 Å². The lowest BCUT2D eigenvalue weighted by Gasteiger charge is -2.18. The SMILES string of the molecule is Cc1cc(C)c(NC(=O)[C@H](C)Oc2ccc([N+](=O)[O-])cc2Cl)c(C)c1. The Balaban J connectivity index is 2.12. The van der Waals surface area contributed by atoms with Gasteiger partial charge in [0.15, 0.2) is 6.10 Å². The van der Waals surface area contributed by atoms with Gasteiger partial charge in [-0.3, -0.25) is 14.9 Å². The van der Waals surface area contributed by atoms with Crippen LogP contribution >= 0.6 is 11.6 Å². The van der Waals surface area contributed by atoms with Gasteiger partial charge in [0.25, 0.3) is 11.6 Å². The molecular formula is C18H19ClN2O4. The molecule has 6 nitrogen and oxygen atoms in total. The van der Waals surface area contributed by atoms with E-state index in [9.17, 15) is 14.9 Å². The quantitative estimate of drug-likeness (QED) is 0.623. The molecule has 25 heavy (non-hydrogen) atoms. The van der Waals surface area contributed by atoms with Crippen LogP contribution in [0.15, 0.2) is 30.3 Å². The molecule has 132 valence electrons. The molecule has 0 saturated heterocycles. The van der Waals surface area contributed by atoms with Crippen LogP contribution in [0.3, 0.4) is 0 Å². The minimum absolute atomic E-state index is 0.0801. The molecule has 0 heterocycles. The largest absolute Gasteiger partial charge is 0.479 e. The molecule has 0 spiro atoms. The fourth-order valence-electron chi connectivity index (χ4n) is 2.54. The van der Waals surface area contributed by atoms with E-state index < -0.39 is 11.0 Å². The third-order valence-corrected chi connectivity index (χ3v) is 4.02. The van der Waals surface area contributed by atoms with E-state index in [1.54, 1.807) is 6.92 Å². The molecule has 0 aliphatic rings. The second kappa shape index (κ2) is 7.53. The summed E-state index contributed by atoms with van der Waals surface area (Å²) in [6.45, 7) is 7.43. The summed E-state index contributed by atoms with van der Waals surface area (Å²) in [5, 5.41) is 13.7. The highest BCUT2D eigenvalue weighted by Crippen LogP contribution is 2.30. The Morgan fingerprint density at radius 2 is 1.80 bits per heavy atom. The Bertz CT molecular complexity index is 813. The molecule has 0 saturated carbocycles. The summed E-state index contributed by atoms with van der Waals surface area (Å²) in [6, 6.07) is 7.82. The van der Waals surface area contributed by atoms with Gasteiger partial charge in [-0.1, -0.05) is 29.3 Å². The van der Waals surface area contributed by atoms with Gasteiger partial charge in [-0.05, 0) is 44.9 Å². The predicted octanol–water partition coefficient (Wildman–Crippen LogP) is 4.58. The van der Waals surface area contributed by atoms with Crippen molar-refractivity contribution in [1.29, 1.82) is 0 Å². The number of carbonyl (C=O) groups is 1. The number of non-ortho nitro benzene ring substituents is 1. The van der Waals surface area contributed by atoms with Crippen molar-refractivity contribution in [2.24, 2.45) is 0 Å². The van der Waals surface area contributed by atoms with Crippen LogP contribution in [-0.4, -0.2) is 16.9 Å². The highest BCUT2D eigenvalue weighted by molar-refractivity contribution is 6.32. The molecule has 0 aliphatic carbocycles. The molecular weight excluding hydrogens is 344 g/mol. The molecule has 0 fully saturated rings. The number of halogens is 1. The van der Waals surface area contributed by atoms with Crippen molar-refractivity contribution in [1.82, 2.24) is 0 Å².